The van der Waals surface area contributed by atoms with Gasteiger partial charge in [-0.15, -0.1) is 0 Å². The normalized spacial score (nSPS) is 19.8. The molecule has 1 atom stereocenters. The van der Waals surface area contributed by atoms with Crippen molar-refractivity contribution in [2.24, 2.45) is 7.05 Å². The molecule has 0 unspecified atom stereocenters. The summed E-state index contributed by atoms with van der Waals surface area (Å²) in [6, 6.07) is 8.35. The Kier molecular flexibility index (Phi) is 5.67. The van der Waals surface area contributed by atoms with E-state index >= 15 is 0 Å². The lowest BCUT2D eigenvalue weighted by molar-refractivity contribution is -0.140. The monoisotopic (exact) mass is 395 g/mol. The van der Waals surface area contributed by atoms with Crippen molar-refractivity contribution < 1.29 is 9.59 Å². The number of rotatable bonds is 6. The molecule has 2 amide bonds. The first kappa shape index (κ1) is 19.6. The predicted molar refractivity (Wildman–Crippen MR) is 110 cm³/mol. The van der Waals surface area contributed by atoms with Crippen LogP contribution in [0, 0.1) is 0 Å². The van der Waals surface area contributed by atoms with Crippen molar-refractivity contribution >= 4 is 11.8 Å². The fraction of sp³-hybridized carbons (Fsp3) is 0.500. The molecule has 2 heterocycles. The molecule has 7 nitrogen and oxygen atoms in total. The minimum absolute atomic E-state index is 0.00180. The predicted octanol–water partition coefficient (Wildman–Crippen LogP) is 1.13. The summed E-state index contributed by atoms with van der Waals surface area (Å²) < 4.78 is 1.92. The highest BCUT2D eigenvalue weighted by molar-refractivity contribution is 5.89. The quantitative estimate of drug-likeness (QED) is 0.796. The molecule has 0 bridgehead atoms. The van der Waals surface area contributed by atoms with Crippen LogP contribution in [-0.4, -0.2) is 62.9 Å². The lowest BCUT2D eigenvalue weighted by Crippen LogP contribution is -2.59. The van der Waals surface area contributed by atoms with E-state index in [0.29, 0.717) is 19.6 Å². The summed E-state index contributed by atoms with van der Waals surface area (Å²) in [5.41, 5.74) is 2.72. The van der Waals surface area contributed by atoms with E-state index in [9.17, 15) is 9.59 Å². The largest absolute Gasteiger partial charge is 0.353 e. The van der Waals surface area contributed by atoms with E-state index in [4.69, 9.17) is 0 Å². The zero-order valence-electron chi connectivity index (χ0n) is 17.2. The number of fused-ring (bicyclic) bond motifs is 1. The second-order valence-corrected chi connectivity index (χ2v) is 7.94. The molecule has 0 saturated carbocycles. The molecule has 1 aliphatic carbocycles. The van der Waals surface area contributed by atoms with Gasteiger partial charge in [0.2, 0.25) is 11.8 Å². The Bertz CT molecular complexity index is 868. The van der Waals surface area contributed by atoms with Crippen molar-refractivity contribution in [1.82, 2.24) is 24.7 Å². The van der Waals surface area contributed by atoms with Crippen LogP contribution in [-0.2, 0) is 36.0 Å². The summed E-state index contributed by atoms with van der Waals surface area (Å²) in [6.45, 7) is 4.44. The Balaban J connectivity index is 1.46. The smallest absolute Gasteiger partial charge is 0.237 e. The molecule has 1 saturated heterocycles. The lowest BCUT2D eigenvalue weighted by Gasteiger charge is -2.39. The Morgan fingerprint density at radius 2 is 2.00 bits per heavy atom. The number of aromatic nitrogens is 2. The van der Waals surface area contributed by atoms with Crippen LogP contribution >= 0.6 is 0 Å². The molecule has 2 aliphatic rings. The van der Waals surface area contributed by atoms with E-state index in [1.165, 1.54) is 11.1 Å². The number of benzene rings is 1. The molecule has 7 heteroatoms. The summed E-state index contributed by atoms with van der Waals surface area (Å²) in [4.78, 5) is 34.2. The second-order valence-electron chi connectivity index (χ2n) is 7.94. The highest BCUT2D eigenvalue weighted by Gasteiger charge is 2.38. The van der Waals surface area contributed by atoms with E-state index in [0.717, 1.165) is 25.2 Å². The van der Waals surface area contributed by atoms with Gasteiger partial charge in [-0.1, -0.05) is 24.3 Å². The standard InChI is InChI=1S/C22H29N5O2/c1-3-26(15-20-23-8-10-25(20)2)21(28)14-19-22(29)24-9-11-27(19)18-12-16-6-4-5-7-17(16)13-18/h4-8,10,18-19H,3,9,11-15H2,1-2H3,(H,24,29)/t19-/m1/s1. The van der Waals surface area contributed by atoms with Crippen LogP contribution in [0.1, 0.15) is 30.3 Å². The number of hydrogen-bond acceptors (Lipinski definition) is 4. The average Bonchev–Trinajstić information content (AvgIpc) is 3.33. The van der Waals surface area contributed by atoms with Crippen LogP contribution in [0.25, 0.3) is 0 Å². The number of carbonyl (C=O) groups excluding carboxylic acids is 2. The van der Waals surface area contributed by atoms with Crippen molar-refractivity contribution in [1.29, 1.82) is 0 Å². The number of nitrogens with zero attached hydrogens (tertiary/aromatic N) is 4. The molecule has 1 aliphatic heterocycles. The van der Waals surface area contributed by atoms with Crippen molar-refractivity contribution in [3.63, 3.8) is 0 Å². The van der Waals surface area contributed by atoms with Crippen LogP contribution < -0.4 is 5.32 Å². The van der Waals surface area contributed by atoms with Gasteiger partial charge in [0.1, 0.15) is 5.82 Å². The van der Waals surface area contributed by atoms with E-state index < -0.39 is 6.04 Å². The molecule has 29 heavy (non-hydrogen) atoms. The fourth-order valence-corrected chi connectivity index (χ4v) is 4.54. The van der Waals surface area contributed by atoms with Crippen LogP contribution in [0.3, 0.4) is 0 Å². The average molecular weight is 396 g/mol. The van der Waals surface area contributed by atoms with Gasteiger partial charge in [-0.05, 0) is 30.9 Å². The Morgan fingerprint density at radius 3 is 2.62 bits per heavy atom. The molecule has 154 valence electrons. The third-order valence-corrected chi connectivity index (χ3v) is 6.23. The Labute approximate surface area is 171 Å². The van der Waals surface area contributed by atoms with Gasteiger partial charge in [-0.3, -0.25) is 14.5 Å². The molecule has 0 radical (unpaired) electrons. The highest BCUT2D eigenvalue weighted by Crippen LogP contribution is 2.28. The number of piperazine rings is 1. The molecule has 2 aromatic rings. The number of nitrogens with one attached hydrogen (secondary N) is 1. The molecule has 1 aromatic heterocycles. The zero-order valence-corrected chi connectivity index (χ0v) is 17.2. The summed E-state index contributed by atoms with van der Waals surface area (Å²) in [6.07, 6.45) is 5.71. The number of amides is 2. The van der Waals surface area contributed by atoms with E-state index in [2.05, 4.69) is 39.5 Å². The molecule has 0 spiro atoms. The van der Waals surface area contributed by atoms with Crippen LogP contribution in [0.15, 0.2) is 36.7 Å². The van der Waals surface area contributed by atoms with E-state index in [-0.39, 0.29) is 24.3 Å². The first-order chi connectivity index (χ1) is 14.1. The minimum Gasteiger partial charge on any atom is -0.353 e. The Hall–Kier alpha value is -2.67. The maximum absolute atomic E-state index is 13.1. The first-order valence-corrected chi connectivity index (χ1v) is 10.4. The molecule has 4 rings (SSSR count). The summed E-state index contributed by atoms with van der Waals surface area (Å²) >= 11 is 0. The second kappa shape index (κ2) is 8.37. The van der Waals surface area contributed by atoms with Gasteiger partial charge in [0.25, 0.3) is 0 Å². The van der Waals surface area contributed by atoms with Crippen LogP contribution in [0.2, 0.25) is 0 Å². The van der Waals surface area contributed by atoms with Gasteiger partial charge in [-0.25, -0.2) is 4.98 Å². The van der Waals surface area contributed by atoms with Crippen molar-refractivity contribution in [2.45, 2.75) is 44.8 Å². The van der Waals surface area contributed by atoms with Crippen molar-refractivity contribution in [3.8, 4) is 0 Å². The van der Waals surface area contributed by atoms with E-state index in [1.807, 2.05) is 24.7 Å². The van der Waals surface area contributed by atoms with Gasteiger partial charge < -0.3 is 14.8 Å². The van der Waals surface area contributed by atoms with Gasteiger partial charge in [0.15, 0.2) is 0 Å². The number of hydrogen-bond donors (Lipinski definition) is 1. The molecule has 1 N–H and O–H groups in total. The molecular weight excluding hydrogens is 366 g/mol. The summed E-state index contributed by atoms with van der Waals surface area (Å²) in [7, 11) is 1.93. The Morgan fingerprint density at radius 1 is 1.28 bits per heavy atom. The minimum atomic E-state index is -0.411. The number of aryl methyl sites for hydroxylation is 1. The van der Waals surface area contributed by atoms with Crippen molar-refractivity contribution in [3.05, 3.63) is 53.6 Å². The fourth-order valence-electron chi connectivity index (χ4n) is 4.54. The van der Waals surface area contributed by atoms with Crippen molar-refractivity contribution in [2.75, 3.05) is 19.6 Å². The summed E-state index contributed by atoms with van der Waals surface area (Å²) in [5.74, 6) is 0.808. The SMILES string of the molecule is CCN(Cc1nccn1C)C(=O)C[C@@H]1C(=O)NCCN1C1Cc2ccccc2C1. The molecule has 1 aromatic carbocycles. The number of imidazole rings is 1. The van der Waals surface area contributed by atoms with Gasteiger partial charge >= 0.3 is 0 Å². The number of carbonyl (C=O) groups is 2. The highest BCUT2D eigenvalue weighted by atomic mass is 16.2. The van der Waals surface area contributed by atoms with Gasteiger partial charge in [0, 0.05) is 45.1 Å². The molecule has 1 fully saturated rings. The summed E-state index contributed by atoms with van der Waals surface area (Å²) in [5, 5.41) is 2.96. The maximum atomic E-state index is 13.1. The third-order valence-electron chi connectivity index (χ3n) is 6.23. The maximum Gasteiger partial charge on any atom is 0.237 e. The van der Waals surface area contributed by atoms with Crippen LogP contribution in [0.4, 0.5) is 0 Å². The zero-order chi connectivity index (χ0) is 20.4. The third kappa shape index (κ3) is 4.05. The topological polar surface area (TPSA) is 70.5 Å². The van der Waals surface area contributed by atoms with Crippen LogP contribution in [0.5, 0.6) is 0 Å². The van der Waals surface area contributed by atoms with Gasteiger partial charge in [-0.2, -0.15) is 0 Å². The first-order valence-electron chi connectivity index (χ1n) is 10.4. The lowest BCUT2D eigenvalue weighted by atomic mass is 10.0. The van der Waals surface area contributed by atoms with E-state index in [1.54, 1.807) is 11.1 Å². The molecular formula is C22H29N5O2. The van der Waals surface area contributed by atoms with Gasteiger partial charge in [0.05, 0.1) is 19.0 Å².